The van der Waals surface area contributed by atoms with Crippen molar-refractivity contribution < 1.29 is 9.59 Å². The van der Waals surface area contributed by atoms with Gasteiger partial charge < -0.3 is 0 Å². The van der Waals surface area contributed by atoms with Crippen LogP contribution < -0.4 is 5.32 Å². The van der Waals surface area contributed by atoms with Crippen LogP contribution in [-0.4, -0.2) is 28.6 Å². The van der Waals surface area contributed by atoms with Gasteiger partial charge in [-0.1, -0.05) is 29.8 Å². The lowest BCUT2D eigenvalue weighted by atomic mass is 10.1. The molecule has 2 saturated heterocycles. The van der Waals surface area contributed by atoms with Crippen molar-refractivity contribution in [2.75, 3.05) is 5.75 Å². The van der Waals surface area contributed by atoms with Crippen LogP contribution >= 0.6 is 11.8 Å². The highest BCUT2D eigenvalue weighted by Crippen LogP contribution is 2.42. The second kappa shape index (κ2) is 3.77. The van der Waals surface area contributed by atoms with E-state index in [4.69, 9.17) is 0 Å². The van der Waals surface area contributed by atoms with E-state index in [-0.39, 0.29) is 23.4 Å². The average molecular weight is 248 g/mol. The van der Waals surface area contributed by atoms with E-state index in [1.807, 2.05) is 31.2 Å². The summed E-state index contributed by atoms with van der Waals surface area (Å²) in [5.41, 5.74) is 2.27. The molecular formula is C12H12N2O2S. The Balaban J connectivity index is 1.93. The van der Waals surface area contributed by atoms with E-state index in [0.717, 1.165) is 5.56 Å². The van der Waals surface area contributed by atoms with Crippen LogP contribution in [-0.2, 0) is 4.79 Å². The van der Waals surface area contributed by atoms with Crippen LogP contribution in [0.1, 0.15) is 16.5 Å². The van der Waals surface area contributed by atoms with Crippen molar-refractivity contribution in [1.29, 1.82) is 0 Å². The molecule has 1 aromatic carbocycles. The molecule has 3 rings (SSSR count). The number of carbonyl (C=O) groups is 2. The monoisotopic (exact) mass is 248 g/mol. The van der Waals surface area contributed by atoms with E-state index < -0.39 is 0 Å². The van der Waals surface area contributed by atoms with Gasteiger partial charge in [0.2, 0.25) is 0 Å². The number of imide groups is 1. The highest BCUT2D eigenvalue weighted by molar-refractivity contribution is 7.99. The number of thioether (sulfide) groups is 1. The summed E-state index contributed by atoms with van der Waals surface area (Å²) in [6.45, 7) is 2.03. The van der Waals surface area contributed by atoms with Crippen molar-refractivity contribution in [3.8, 4) is 0 Å². The van der Waals surface area contributed by atoms with Gasteiger partial charge in [0.1, 0.15) is 11.4 Å². The van der Waals surface area contributed by atoms with Crippen molar-refractivity contribution in [1.82, 2.24) is 10.2 Å². The maximum Gasteiger partial charge on any atom is 0.326 e. The number of hydrogen-bond acceptors (Lipinski definition) is 3. The molecule has 1 aromatic rings. The Morgan fingerprint density at radius 3 is 2.71 bits per heavy atom. The summed E-state index contributed by atoms with van der Waals surface area (Å²) in [5.74, 6) is 0.507. The molecule has 1 N–H and O–H groups in total. The Bertz CT molecular complexity index is 486. The first kappa shape index (κ1) is 10.7. The zero-order chi connectivity index (χ0) is 12.0. The van der Waals surface area contributed by atoms with E-state index in [0.29, 0.717) is 5.75 Å². The molecule has 2 fully saturated rings. The topological polar surface area (TPSA) is 49.4 Å². The fourth-order valence-corrected chi connectivity index (χ4v) is 3.63. The summed E-state index contributed by atoms with van der Waals surface area (Å²) >= 11 is 1.65. The highest BCUT2D eigenvalue weighted by atomic mass is 32.2. The first-order chi connectivity index (χ1) is 8.16. The van der Waals surface area contributed by atoms with Gasteiger partial charge in [0.05, 0.1) is 0 Å². The summed E-state index contributed by atoms with van der Waals surface area (Å²) in [6, 6.07) is 7.53. The molecule has 0 spiro atoms. The number of nitrogens with zero attached hydrogens (tertiary/aromatic N) is 1. The van der Waals surface area contributed by atoms with Gasteiger partial charge in [-0.2, -0.15) is 0 Å². The molecular weight excluding hydrogens is 236 g/mol. The molecule has 2 aliphatic rings. The number of benzene rings is 1. The fourth-order valence-electron chi connectivity index (χ4n) is 2.20. The summed E-state index contributed by atoms with van der Waals surface area (Å²) < 4.78 is 0. The zero-order valence-electron chi connectivity index (χ0n) is 9.34. The van der Waals surface area contributed by atoms with E-state index in [1.165, 1.54) is 5.56 Å². The van der Waals surface area contributed by atoms with E-state index in [1.54, 1.807) is 16.7 Å². The standard InChI is InChI=1S/C12H12N2O2S/c1-7-2-4-8(5-3-7)11-14-9(6-17-11)10(15)13-12(14)16/h2-5,9,11H,6H2,1H3,(H,13,15,16)/t9-,11?/m0/s1. The molecule has 0 aromatic heterocycles. The third-order valence-electron chi connectivity index (χ3n) is 3.13. The number of rotatable bonds is 1. The summed E-state index contributed by atoms with van der Waals surface area (Å²) in [5, 5.41) is 2.33. The predicted molar refractivity (Wildman–Crippen MR) is 65.5 cm³/mol. The second-order valence-corrected chi connectivity index (χ2v) is 5.43. The summed E-state index contributed by atoms with van der Waals surface area (Å²) in [6.07, 6.45) is 0. The van der Waals surface area contributed by atoms with Crippen LogP contribution in [0.25, 0.3) is 0 Å². The highest BCUT2D eigenvalue weighted by Gasteiger charge is 2.47. The Morgan fingerprint density at radius 2 is 2.00 bits per heavy atom. The lowest BCUT2D eigenvalue weighted by molar-refractivity contribution is -0.120. The van der Waals surface area contributed by atoms with Crippen LogP contribution in [0, 0.1) is 6.92 Å². The molecule has 2 atom stereocenters. The number of fused-ring (bicyclic) bond motifs is 1. The van der Waals surface area contributed by atoms with Crippen LogP contribution in [0.4, 0.5) is 4.79 Å². The van der Waals surface area contributed by atoms with Crippen LogP contribution in [0.5, 0.6) is 0 Å². The lowest BCUT2D eigenvalue weighted by Gasteiger charge is -2.21. The maximum atomic E-state index is 11.7. The van der Waals surface area contributed by atoms with Crippen LogP contribution in [0.2, 0.25) is 0 Å². The number of aryl methyl sites for hydroxylation is 1. The Labute approximate surface area is 103 Å². The van der Waals surface area contributed by atoms with E-state index >= 15 is 0 Å². The van der Waals surface area contributed by atoms with Gasteiger partial charge in [0.15, 0.2) is 0 Å². The Hall–Kier alpha value is -1.49. The van der Waals surface area contributed by atoms with Crippen molar-refractivity contribution in [2.24, 2.45) is 0 Å². The third-order valence-corrected chi connectivity index (χ3v) is 4.45. The SMILES string of the molecule is Cc1ccc(C2SC[C@H]3C(=O)NC(=O)N23)cc1. The number of hydrogen-bond donors (Lipinski definition) is 1. The Morgan fingerprint density at radius 1 is 1.29 bits per heavy atom. The van der Waals surface area contributed by atoms with Gasteiger partial charge in [0, 0.05) is 5.75 Å². The molecule has 2 aliphatic heterocycles. The van der Waals surface area contributed by atoms with Gasteiger partial charge in [-0.15, -0.1) is 11.8 Å². The van der Waals surface area contributed by atoms with Gasteiger partial charge >= 0.3 is 6.03 Å². The largest absolute Gasteiger partial charge is 0.326 e. The van der Waals surface area contributed by atoms with E-state index in [2.05, 4.69) is 5.32 Å². The van der Waals surface area contributed by atoms with Gasteiger partial charge in [-0.25, -0.2) is 4.79 Å². The molecule has 2 heterocycles. The van der Waals surface area contributed by atoms with Crippen LogP contribution in [0.15, 0.2) is 24.3 Å². The van der Waals surface area contributed by atoms with Crippen LogP contribution in [0.3, 0.4) is 0 Å². The number of nitrogens with one attached hydrogen (secondary N) is 1. The number of urea groups is 1. The van der Waals surface area contributed by atoms with Crippen molar-refractivity contribution in [3.63, 3.8) is 0 Å². The smallest absolute Gasteiger partial charge is 0.295 e. The molecule has 88 valence electrons. The predicted octanol–water partition coefficient (Wildman–Crippen LogP) is 1.66. The molecule has 4 nitrogen and oxygen atoms in total. The Kier molecular flexibility index (Phi) is 2.36. The molecule has 0 aliphatic carbocycles. The fraction of sp³-hybridized carbons (Fsp3) is 0.333. The summed E-state index contributed by atoms with van der Waals surface area (Å²) in [4.78, 5) is 24.9. The number of amides is 3. The molecule has 0 bridgehead atoms. The average Bonchev–Trinajstić information content (AvgIpc) is 2.84. The zero-order valence-corrected chi connectivity index (χ0v) is 10.2. The van der Waals surface area contributed by atoms with Crippen molar-refractivity contribution >= 4 is 23.7 Å². The minimum absolute atomic E-state index is 0.0351. The maximum absolute atomic E-state index is 11.7. The quantitative estimate of drug-likeness (QED) is 0.769. The normalized spacial score (nSPS) is 27.2. The molecule has 5 heteroatoms. The summed E-state index contributed by atoms with van der Waals surface area (Å²) in [7, 11) is 0. The minimum Gasteiger partial charge on any atom is -0.295 e. The van der Waals surface area contributed by atoms with E-state index in [9.17, 15) is 9.59 Å². The first-order valence-corrected chi connectivity index (χ1v) is 6.53. The molecule has 1 unspecified atom stereocenters. The van der Waals surface area contributed by atoms with Gasteiger partial charge in [-0.05, 0) is 12.5 Å². The molecule has 3 amide bonds. The number of carbonyl (C=O) groups excluding carboxylic acids is 2. The second-order valence-electron chi connectivity index (χ2n) is 4.31. The molecule has 17 heavy (non-hydrogen) atoms. The molecule has 0 saturated carbocycles. The van der Waals surface area contributed by atoms with Gasteiger partial charge in [-0.3, -0.25) is 15.0 Å². The third kappa shape index (κ3) is 1.61. The molecule has 0 radical (unpaired) electrons. The van der Waals surface area contributed by atoms with Crippen molar-refractivity contribution in [2.45, 2.75) is 18.3 Å². The lowest BCUT2D eigenvalue weighted by Crippen LogP contribution is -2.32. The first-order valence-electron chi connectivity index (χ1n) is 5.48. The minimum atomic E-state index is -0.293. The van der Waals surface area contributed by atoms with Crippen molar-refractivity contribution in [3.05, 3.63) is 35.4 Å². The van der Waals surface area contributed by atoms with Gasteiger partial charge in [0.25, 0.3) is 5.91 Å².